The molecule has 0 radical (unpaired) electrons. The number of nitrogens with two attached hydrogens (primary N) is 1. The first-order valence-electron chi connectivity index (χ1n) is 6.67. The molecule has 1 aliphatic rings. The molecule has 6 nitrogen and oxygen atoms in total. The molecule has 2 heterocycles. The molecular weight excluding hydrogens is 278 g/mol. The maximum atomic E-state index is 11.6. The van der Waals surface area contributed by atoms with E-state index in [1.807, 2.05) is 13.0 Å². The van der Waals surface area contributed by atoms with Crippen LogP contribution in [0.1, 0.15) is 18.5 Å². The summed E-state index contributed by atoms with van der Waals surface area (Å²) in [5.41, 5.74) is 6.63. The van der Waals surface area contributed by atoms with Gasteiger partial charge in [0.2, 0.25) is 10.0 Å². The smallest absolute Gasteiger partial charge is 0.211 e. The van der Waals surface area contributed by atoms with Crippen LogP contribution in [0.4, 0.5) is 5.82 Å². The Morgan fingerprint density at radius 2 is 2.25 bits per heavy atom. The van der Waals surface area contributed by atoms with Crippen molar-refractivity contribution < 1.29 is 13.2 Å². The van der Waals surface area contributed by atoms with E-state index in [1.165, 1.54) is 10.6 Å². The molecule has 1 fully saturated rings. The van der Waals surface area contributed by atoms with Crippen molar-refractivity contribution in [3.05, 3.63) is 17.8 Å². The molecule has 0 saturated carbocycles. The average Bonchev–Trinajstić information content (AvgIpc) is 2.37. The van der Waals surface area contributed by atoms with Gasteiger partial charge in [-0.25, -0.2) is 17.7 Å². The normalized spacial score (nSPS) is 20.8. The number of nitrogen functional groups attached to an aromatic ring is 1. The molecule has 2 rings (SSSR count). The number of ether oxygens (including phenoxy) is 1. The van der Waals surface area contributed by atoms with Crippen LogP contribution in [-0.2, 0) is 10.0 Å². The Bertz CT molecular complexity index is 574. The Morgan fingerprint density at radius 3 is 2.90 bits per heavy atom. The number of rotatable bonds is 4. The van der Waals surface area contributed by atoms with Gasteiger partial charge in [0.25, 0.3) is 0 Å². The second-order valence-corrected chi connectivity index (χ2v) is 7.26. The van der Waals surface area contributed by atoms with Gasteiger partial charge in [0.1, 0.15) is 0 Å². The molecule has 112 valence electrons. The lowest BCUT2D eigenvalue weighted by Crippen LogP contribution is -2.40. The highest BCUT2D eigenvalue weighted by Crippen LogP contribution is 2.23. The summed E-state index contributed by atoms with van der Waals surface area (Å²) in [5, 5.41) is 0. The van der Waals surface area contributed by atoms with Crippen molar-refractivity contribution in [3.63, 3.8) is 0 Å². The van der Waals surface area contributed by atoms with Gasteiger partial charge in [-0.2, -0.15) is 0 Å². The van der Waals surface area contributed by atoms with Gasteiger partial charge in [-0.1, -0.05) is 0 Å². The van der Waals surface area contributed by atoms with Crippen LogP contribution < -0.4 is 10.5 Å². The highest BCUT2D eigenvalue weighted by Gasteiger charge is 2.26. The highest BCUT2D eigenvalue weighted by molar-refractivity contribution is 7.88. The van der Waals surface area contributed by atoms with Crippen LogP contribution in [0.2, 0.25) is 0 Å². The Morgan fingerprint density at radius 1 is 1.50 bits per heavy atom. The molecule has 0 spiro atoms. The number of nitrogens with zero attached hydrogens (tertiary/aromatic N) is 2. The van der Waals surface area contributed by atoms with Crippen LogP contribution in [-0.4, -0.2) is 43.7 Å². The first-order valence-corrected chi connectivity index (χ1v) is 8.52. The van der Waals surface area contributed by atoms with E-state index in [2.05, 4.69) is 4.98 Å². The second-order valence-electron chi connectivity index (χ2n) is 5.28. The fraction of sp³-hybridized carbons (Fsp3) is 0.615. The summed E-state index contributed by atoms with van der Waals surface area (Å²) in [6.07, 6.45) is 3.08. The number of aryl methyl sites for hydroxylation is 1. The van der Waals surface area contributed by atoms with E-state index >= 15 is 0 Å². The van der Waals surface area contributed by atoms with Gasteiger partial charge in [0.05, 0.1) is 12.9 Å². The summed E-state index contributed by atoms with van der Waals surface area (Å²) in [4.78, 5) is 4.14. The van der Waals surface area contributed by atoms with E-state index in [1.54, 1.807) is 6.07 Å². The maximum Gasteiger partial charge on any atom is 0.211 e. The van der Waals surface area contributed by atoms with E-state index in [9.17, 15) is 8.42 Å². The summed E-state index contributed by atoms with van der Waals surface area (Å²) in [6, 6.07) is 3.64. The van der Waals surface area contributed by atoms with Crippen LogP contribution >= 0.6 is 0 Å². The van der Waals surface area contributed by atoms with Gasteiger partial charge in [0.15, 0.2) is 11.6 Å². The lowest BCUT2D eigenvalue weighted by Gasteiger charge is -2.30. The Balaban J connectivity index is 1.94. The third-order valence-electron chi connectivity index (χ3n) is 3.45. The fourth-order valence-electron chi connectivity index (χ4n) is 2.36. The quantitative estimate of drug-likeness (QED) is 0.897. The van der Waals surface area contributed by atoms with Gasteiger partial charge in [-0.3, -0.25) is 0 Å². The van der Waals surface area contributed by atoms with Crippen LogP contribution in [0.15, 0.2) is 12.1 Å². The molecule has 1 aromatic rings. The van der Waals surface area contributed by atoms with Gasteiger partial charge in [-0.15, -0.1) is 0 Å². The highest BCUT2D eigenvalue weighted by atomic mass is 32.2. The minimum atomic E-state index is -3.11. The average molecular weight is 299 g/mol. The predicted octanol–water partition coefficient (Wildman–Crippen LogP) is 1.02. The van der Waals surface area contributed by atoms with Gasteiger partial charge < -0.3 is 10.5 Å². The molecule has 1 aromatic heterocycles. The number of hydrogen-bond donors (Lipinski definition) is 1. The molecule has 0 aromatic carbocycles. The number of pyridine rings is 1. The number of piperidine rings is 1. The molecule has 2 N–H and O–H groups in total. The Hall–Kier alpha value is -1.34. The second kappa shape index (κ2) is 5.97. The van der Waals surface area contributed by atoms with Crippen LogP contribution in [0.3, 0.4) is 0 Å². The number of anilines is 1. The number of sulfonamides is 1. The lowest BCUT2D eigenvalue weighted by atomic mass is 10.0. The van der Waals surface area contributed by atoms with E-state index in [-0.39, 0.29) is 5.92 Å². The zero-order valence-corrected chi connectivity index (χ0v) is 12.7. The predicted molar refractivity (Wildman–Crippen MR) is 78.0 cm³/mol. The zero-order valence-electron chi connectivity index (χ0n) is 11.9. The summed E-state index contributed by atoms with van der Waals surface area (Å²) in [7, 11) is -3.11. The first-order chi connectivity index (χ1) is 9.36. The Labute approximate surface area is 120 Å². The topological polar surface area (TPSA) is 85.5 Å². The van der Waals surface area contributed by atoms with E-state index in [4.69, 9.17) is 10.5 Å². The molecule has 1 saturated heterocycles. The van der Waals surface area contributed by atoms with Gasteiger partial charge >= 0.3 is 0 Å². The molecule has 0 aliphatic carbocycles. The first kappa shape index (κ1) is 15.1. The minimum Gasteiger partial charge on any atom is -0.489 e. The molecule has 0 bridgehead atoms. The summed E-state index contributed by atoms with van der Waals surface area (Å²) in [6.45, 7) is 3.44. The molecule has 0 amide bonds. The van der Waals surface area contributed by atoms with E-state index in [0.717, 1.165) is 18.5 Å². The number of hydrogen-bond acceptors (Lipinski definition) is 5. The SMILES string of the molecule is Cc1ccc(OCC2CCCN(S(C)(=O)=O)C2)c(N)n1. The number of aromatic nitrogens is 1. The molecule has 7 heteroatoms. The van der Waals surface area contributed by atoms with Crippen molar-refractivity contribution in [2.45, 2.75) is 19.8 Å². The minimum absolute atomic E-state index is 0.194. The van der Waals surface area contributed by atoms with Crippen LogP contribution in [0.5, 0.6) is 5.75 Å². The fourth-order valence-corrected chi connectivity index (χ4v) is 3.30. The third kappa shape index (κ3) is 3.83. The van der Waals surface area contributed by atoms with Crippen molar-refractivity contribution >= 4 is 15.8 Å². The van der Waals surface area contributed by atoms with Crippen LogP contribution in [0.25, 0.3) is 0 Å². The van der Waals surface area contributed by atoms with Crippen molar-refractivity contribution in [2.24, 2.45) is 5.92 Å². The summed E-state index contributed by atoms with van der Waals surface area (Å²) in [5.74, 6) is 1.13. The molecule has 1 atom stereocenters. The summed E-state index contributed by atoms with van der Waals surface area (Å²) >= 11 is 0. The lowest BCUT2D eigenvalue weighted by molar-refractivity contribution is 0.181. The summed E-state index contributed by atoms with van der Waals surface area (Å²) < 4.78 is 30.3. The largest absolute Gasteiger partial charge is 0.489 e. The maximum absolute atomic E-state index is 11.6. The van der Waals surface area contributed by atoms with E-state index in [0.29, 0.717) is 31.3 Å². The third-order valence-corrected chi connectivity index (χ3v) is 4.72. The monoisotopic (exact) mass is 299 g/mol. The standard InChI is InChI=1S/C13H21N3O3S/c1-10-5-6-12(13(14)15-10)19-9-11-4-3-7-16(8-11)20(2,17)18/h5-6,11H,3-4,7-9H2,1-2H3,(H2,14,15). The molecule has 1 aliphatic heterocycles. The molecule has 20 heavy (non-hydrogen) atoms. The molecule has 1 unspecified atom stereocenters. The van der Waals surface area contributed by atoms with Crippen molar-refractivity contribution in [1.29, 1.82) is 0 Å². The van der Waals surface area contributed by atoms with Crippen LogP contribution in [0, 0.1) is 12.8 Å². The van der Waals surface area contributed by atoms with Gasteiger partial charge in [-0.05, 0) is 31.9 Å². The molecular formula is C13H21N3O3S. The van der Waals surface area contributed by atoms with Crippen molar-refractivity contribution in [2.75, 3.05) is 31.7 Å². The Kier molecular flexibility index (Phi) is 4.49. The van der Waals surface area contributed by atoms with Gasteiger partial charge in [0, 0.05) is 24.7 Å². The zero-order chi connectivity index (χ0) is 14.8. The van der Waals surface area contributed by atoms with E-state index < -0.39 is 10.0 Å². The van der Waals surface area contributed by atoms with Crippen molar-refractivity contribution in [1.82, 2.24) is 9.29 Å². The van der Waals surface area contributed by atoms with Crippen molar-refractivity contribution in [3.8, 4) is 5.75 Å².